The quantitative estimate of drug-likeness (QED) is 0.801. The number of aliphatic hydroxyl groups excluding tert-OH is 1. The van der Waals surface area contributed by atoms with Crippen LogP contribution in [0.2, 0.25) is 0 Å². The van der Waals surface area contributed by atoms with Crippen molar-refractivity contribution in [1.29, 1.82) is 0 Å². The molecule has 0 spiro atoms. The maximum atomic E-state index is 12.1. The van der Waals surface area contributed by atoms with Gasteiger partial charge in [0.1, 0.15) is 0 Å². The number of nitrogens with one attached hydrogen (secondary N) is 1. The second-order valence-electron chi connectivity index (χ2n) is 5.79. The van der Waals surface area contributed by atoms with E-state index >= 15 is 0 Å². The zero-order chi connectivity index (χ0) is 14.4. The molecule has 1 aromatic heterocycles. The third-order valence-electron chi connectivity index (χ3n) is 4.09. The van der Waals surface area contributed by atoms with E-state index in [4.69, 9.17) is 0 Å². The van der Waals surface area contributed by atoms with Gasteiger partial charge in [-0.3, -0.25) is 4.79 Å². The predicted molar refractivity (Wildman–Crippen MR) is 77.1 cm³/mol. The Hall–Kier alpha value is -1.36. The van der Waals surface area contributed by atoms with Crippen molar-refractivity contribution in [2.45, 2.75) is 57.6 Å². The van der Waals surface area contributed by atoms with E-state index in [9.17, 15) is 9.90 Å². The van der Waals surface area contributed by atoms with E-state index in [1.54, 1.807) is 12.5 Å². The van der Waals surface area contributed by atoms with Crippen LogP contribution in [0.4, 0.5) is 0 Å². The van der Waals surface area contributed by atoms with Gasteiger partial charge in [0.05, 0.1) is 12.4 Å². The predicted octanol–water partition coefficient (Wildman–Crippen LogP) is 1.89. The van der Waals surface area contributed by atoms with Crippen LogP contribution in [0.25, 0.3) is 0 Å². The molecule has 0 bridgehead atoms. The Kier molecular flexibility index (Phi) is 5.59. The van der Waals surface area contributed by atoms with E-state index in [0.717, 1.165) is 32.1 Å². The van der Waals surface area contributed by atoms with Crippen LogP contribution in [0.15, 0.2) is 18.7 Å². The first-order valence-electron chi connectivity index (χ1n) is 7.61. The second-order valence-corrected chi connectivity index (χ2v) is 5.79. The van der Waals surface area contributed by atoms with Crippen LogP contribution >= 0.6 is 0 Å². The molecule has 5 heteroatoms. The zero-order valence-electron chi connectivity index (χ0n) is 12.2. The summed E-state index contributed by atoms with van der Waals surface area (Å²) in [6.45, 7) is 2.82. The lowest BCUT2D eigenvalue weighted by molar-refractivity contribution is -0.122. The molecule has 3 atom stereocenters. The molecule has 0 aromatic carbocycles. The van der Waals surface area contributed by atoms with E-state index in [2.05, 4.69) is 17.2 Å². The molecule has 0 radical (unpaired) electrons. The highest BCUT2D eigenvalue weighted by atomic mass is 16.3. The molecule has 1 amide bonds. The molecule has 3 unspecified atom stereocenters. The molecule has 1 aromatic rings. The Labute approximate surface area is 120 Å². The van der Waals surface area contributed by atoms with Crippen LogP contribution in [0.5, 0.6) is 0 Å². The van der Waals surface area contributed by atoms with Crippen molar-refractivity contribution in [3.63, 3.8) is 0 Å². The summed E-state index contributed by atoms with van der Waals surface area (Å²) in [6, 6.07) is 0.191. The van der Waals surface area contributed by atoms with E-state index < -0.39 is 0 Å². The van der Waals surface area contributed by atoms with Crippen molar-refractivity contribution >= 4 is 5.91 Å². The number of nitrogens with zero attached hydrogens (tertiary/aromatic N) is 2. The molecule has 0 saturated heterocycles. The maximum Gasteiger partial charge on any atom is 0.222 e. The first kappa shape index (κ1) is 15.0. The number of aliphatic hydroxyl groups is 1. The molecule has 1 heterocycles. The molecular weight excluding hydrogens is 254 g/mol. The van der Waals surface area contributed by atoms with Gasteiger partial charge in [0.2, 0.25) is 5.91 Å². The molecule has 1 fully saturated rings. The minimum atomic E-state index is -0.171. The van der Waals surface area contributed by atoms with Crippen LogP contribution in [-0.4, -0.2) is 33.2 Å². The van der Waals surface area contributed by atoms with Crippen LogP contribution < -0.4 is 5.32 Å². The second kappa shape index (κ2) is 7.43. The fourth-order valence-electron chi connectivity index (χ4n) is 2.95. The van der Waals surface area contributed by atoms with Crippen molar-refractivity contribution in [2.24, 2.45) is 5.92 Å². The van der Waals surface area contributed by atoms with Crippen molar-refractivity contribution in [1.82, 2.24) is 14.9 Å². The SMILES string of the molecule is CCCC(CC(=O)NCC1CCC(O)C1)n1ccnc1. The normalized spacial score (nSPS) is 23.7. The van der Waals surface area contributed by atoms with Crippen molar-refractivity contribution in [3.05, 3.63) is 18.7 Å². The molecule has 5 nitrogen and oxygen atoms in total. The summed E-state index contributed by atoms with van der Waals surface area (Å²) in [5.41, 5.74) is 0. The van der Waals surface area contributed by atoms with Crippen molar-refractivity contribution < 1.29 is 9.90 Å². The van der Waals surface area contributed by atoms with E-state index in [1.165, 1.54) is 0 Å². The minimum Gasteiger partial charge on any atom is -0.393 e. The fraction of sp³-hybridized carbons (Fsp3) is 0.733. The Morgan fingerprint density at radius 1 is 1.55 bits per heavy atom. The topological polar surface area (TPSA) is 67.2 Å². The number of hydrogen-bond acceptors (Lipinski definition) is 3. The third kappa shape index (κ3) is 4.34. The average molecular weight is 279 g/mol. The van der Waals surface area contributed by atoms with Gasteiger partial charge >= 0.3 is 0 Å². The Morgan fingerprint density at radius 2 is 2.40 bits per heavy atom. The smallest absolute Gasteiger partial charge is 0.222 e. The number of imidazole rings is 1. The lowest BCUT2D eigenvalue weighted by atomic mass is 10.1. The Balaban J connectivity index is 1.77. The summed E-state index contributed by atoms with van der Waals surface area (Å²) < 4.78 is 2.02. The largest absolute Gasteiger partial charge is 0.393 e. The summed E-state index contributed by atoms with van der Waals surface area (Å²) in [7, 11) is 0. The molecule has 20 heavy (non-hydrogen) atoms. The van der Waals surface area contributed by atoms with Gasteiger partial charge in [-0.2, -0.15) is 0 Å². The van der Waals surface area contributed by atoms with Gasteiger partial charge in [-0.25, -0.2) is 4.98 Å². The first-order valence-corrected chi connectivity index (χ1v) is 7.61. The standard InChI is InChI=1S/C15H25N3O2/c1-2-3-13(18-7-6-16-11-18)9-15(20)17-10-12-4-5-14(19)8-12/h6-7,11-14,19H,2-5,8-10H2,1H3,(H,17,20). The van der Waals surface area contributed by atoms with Gasteiger partial charge in [0.15, 0.2) is 0 Å². The van der Waals surface area contributed by atoms with Crippen LogP contribution in [-0.2, 0) is 4.79 Å². The minimum absolute atomic E-state index is 0.0959. The summed E-state index contributed by atoms with van der Waals surface area (Å²) in [5, 5.41) is 12.5. The molecule has 0 aliphatic heterocycles. The van der Waals surface area contributed by atoms with Gasteiger partial charge in [0, 0.05) is 31.4 Å². The fourth-order valence-corrected chi connectivity index (χ4v) is 2.95. The van der Waals surface area contributed by atoms with Gasteiger partial charge in [-0.1, -0.05) is 13.3 Å². The molecule has 2 N–H and O–H groups in total. The van der Waals surface area contributed by atoms with Gasteiger partial charge < -0.3 is 15.0 Å². The monoisotopic (exact) mass is 279 g/mol. The van der Waals surface area contributed by atoms with Crippen molar-refractivity contribution in [2.75, 3.05) is 6.54 Å². The number of carbonyl (C=O) groups excluding carboxylic acids is 1. The van der Waals surface area contributed by atoms with Crippen LogP contribution in [0.1, 0.15) is 51.5 Å². The number of amides is 1. The van der Waals surface area contributed by atoms with Gasteiger partial charge in [0.25, 0.3) is 0 Å². The molecule has 2 rings (SSSR count). The van der Waals surface area contributed by atoms with E-state index in [1.807, 2.05) is 10.8 Å². The Bertz CT molecular complexity index is 405. The number of hydrogen-bond donors (Lipinski definition) is 2. The van der Waals surface area contributed by atoms with Crippen molar-refractivity contribution in [3.8, 4) is 0 Å². The third-order valence-corrected chi connectivity index (χ3v) is 4.09. The number of carbonyl (C=O) groups is 1. The summed E-state index contributed by atoms with van der Waals surface area (Å²) in [6.07, 6.45) is 10.5. The summed E-state index contributed by atoms with van der Waals surface area (Å²) >= 11 is 0. The number of aromatic nitrogens is 2. The number of rotatable bonds is 7. The molecule has 1 aliphatic carbocycles. The lowest BCUT2D eigenvalue weighted by Gasteiger charge is -2.18. The molecule has 1 saturated carbocycles. The molecular formula is C15H25N3O2. The van der Waals surface area contributed by atoms with E-state index in [0.29, 0.717) is 18.9 Å². The zero-order valence-corrected chi connectivity index (χ0v) is 12.2. The average Bonchev–Trinajstić information content (AvgIpc) is 3.07. The van der Waals surface area contributed by atoms with Gasteiger partial charge in [-0.05, 0) is 31.6 Å². The van der Waals surface area contributed by atoms with Crippen LogP contribution in [0, 0.1) is 5.92 Å². The Morgan fingerprint density at radius 3 is 3.00 bits per heavy atom. The van der Waals surface area contributed by atoms with Gasteiger partial charge in [-0.15, -0.1) is 0 Å². The first-order chi connectivity index (χ1) is 9.69. The van der Waals surface area contributed by atoms with Crippen LogP contribution in [0.3, 0.4) is 0 Å². The summed E-state index contributed by atoms with van der Waals surface area (Å²) in [4.78, 5) is 16.1. The van der Waals surface area contributed by atoms with E-state index in [-0.39, 0.29) is 18.1 Å². The molecule has 112 valence electrons. The molecule has 1 aliphatic rings. The highest BCUT2D eigenvalue weighted by Crippen LogP contribution is 2.24. The highest BCUT2D eigenvalue weighted by molar-refractivity contribution is 5.76. The lowest BCUT2D eigenvalue weighted by Crippen LogP contribution is -2.30. The summed E-state index contributed by atoms with van der Waals surface area (Å²) in [5.74, 6) is 0.533. The maximum absolute atomic E-state index is 12.1. The highest BCUT2D eigenvalue weighted by Gasteiger charge is 2.23.